The Bertz CT molecular complexity index is 851. The second-order valence-electron chi connectivity index (χ2n) is 5.75. The molecule has 3 aromatic rings. The lowest BCUT2D eigenvalue weighted by atomic mass is 10.1. The summed E-state index contributed by atoms with van der Waals surface area (Å²) in [5.41, 5.74) is 0.838. The maximum absolute atomic E-state index is 5.84. The zero-order valence-corrected chi connectivity index (χ0v) is 13.7. The first-order valence-electron chi connectivity index (χ1n) is 7.76. The van der Waals surface area contributed by atoms with E-state index in [9.17, 15) is 0 Å². The number of hydrogen-bond acceptors (Lipinski definition) is 5. The molecule has 1 aliphatic rings. The van der Waals surface area contributed by atoms with E-state index in [4.69, 9.17) is 21.1 Å². The molecule has 1 saturated heterocycles. The number of rotatable bonds is 5. The fourth-order valence-corrected chi connectivity index (χ4v) is 2.64. The highest BCUT2D eigenvalue weighted by molar-refractivity contribution is 6.29. The van der Waals surface area contributed by atoms with E-state index in [1.807, 2.05) is 30.3 Å². The zero-order valence-electron chi connectivity index (χ0n) is 12.9. The monoisotopic (exact) mass is 341 g/mol. The van der Waals surface area contributed by atoms with Crippen LogP contribution in [0.4, 0.5) is 11.5 Å². The molecule has 0 saturated carbocycles. The van der Waals surface area contributed by atoms with Crippen LogP contribution in [-0.4, -0.2) is 29.8 Å². The number of aromatic nitrogens is 2. The van der Waals surface area contributed by atoms with E-state index in [1.54, 1.807) is 18.5 Å². The Morgan fingerprint density at radius 2 is 2.08 bits per heavy atom. The lowest BCUT2D eigenvalue weighted by molar-refractivity contribution is -0.0508. The molecule has 1 fully saturated rings. The molecule has 122 valence electrons. The predicted molar refractivity (Wildman–Crippen MR) is 94.1 cm³/mol. The van der Waals surface area contributed by atoms with Crippen molar-refractivity contribution in [3.63, 3.8) is 0 Å². The van der Waals surface area contributed by atoms with Crippen LogP contribution in [0.5, 0.6) is 5.75 Å². The first kappa shape index (κ1) is 15.2. The molecule has 3 heterocycles. The van der Waals surface area contributed by atoms with Crippen molar-refractivity contribution in [3.8, 4) is 5.75 Å². The molecule has 1 N–H and O–H groups in total. The standard InChI is InChI=1S/C18H16ClN3O2/c19-17-4-1-14(8-21-17)22-18-16-3-2-15(7-13(16)5-6-20-18)24-11-12-9-23-10-12/h1-8,12H,9-11H2,(H,20,22). The van der Waals surface area contributed by atoms with Crippen LogP contribution < -0.4 is 10.1 Å². The Morgan fingerprint density at radius 1 is 1.17 bits per heavy atom. The molecule has 0 unspecified atom stereocenters. The number of anilines is 2. The first-order chi connectivity index (χ1) is 11.8. The van der Waals surface area contributed by atoms with E-state index in [2.05, 4.69) is 15.3 Å². The second kappa shape index (κ2) is 6.63. The number of nitrogens with one attached hydrogen (secondary N) is 1. The van der Waals surface area contributed by atoms with E-state index in [-0.39, 0.29) is 0 Å². The van der Waals surface area contributed by atoms with Gasteiger partial charge in [0.1, 0.15) is 16.7 Å². The molecule has 2 aromatic heterocycles. The van der Waals surface area contributed by atoms with Gasteiger partial charge in [-0.15, -0.1) is 0 Å². The highest BCUT2D eigenvalue weighted by Gasteiger charge is 2.18. The van der Waals surface area contributed by atoms with Gasteiger partial charge in [-0.2, -0.15) is 0 Å². The largest absolute Gasteiger partial charge is 0.493 e. The van der Waals surface area contributed by atoms with Gasteiger partial charge in [-0.05, 0) is 41.8 Å². The molecular weight excluding hydrogens is 326 g/mol. The topological polar surface area (TPSA) is 56.3 Å². The van der Waals surface area contributed by atoms with Crippen LogP contribution in [0.15, 0.2) is 48.8 Å². The van der Waals surface area contributed by atoms with E-state index >= 15 is 0 Å². The minimum Gasteiger partial charge on any atom is -0.493 e. The quantitative estimate of drug-likeness (QED) is 0.709. The summed E-state index contributed by atoms with van der Waals surface area (Å²) < 4.78 is 11.0. The van der Waals surface area contributed by atoms with Gasteiger partial charge < -0.3 is 14.8 Å². The maximum Gasteiger partial charge on any atom is 0.138 e. The molecule has 0 spiro atoms. The highest BCUT2D eigenvalue weighted by atomic mass is 35.5. The van der Waals surface area contributed by atoms with Crippen LogP contribution in [0.2, 0.25) is 5.15 Å². The Labute approximate surface area is 144 Å². The summed E-state index contributed by atoms with van der Waals surface area (Å²) in [6.07, 6.45) is 3.46. The van der Waals surface area contributed by atoms with Crippen molar-refractivity contribution in [3.05, 3.63) is 53.9 Å². The van der Waals surface area contributed by atoms with E-state index < -0.39 is 0 Å². The molecule has 6 heteroatoms. The Morgan fingerprint density at radius 3 is 2.83 bits per heavy atom. The van der Waals surface area contributed by atoms with Crippen molar-refractivity contribution >= 4 is 33.9 Å². The second-order valence-corrected chi connectivity index (χ2v) is 6.14. The van der Waals surface area contributed by atoms with Gasteiger partial charge in [0.15, 0.2) is 0 Å². The Kier molecular flexibility index (Phi) is 4.19. The SMILES string of the molecule is Clc1ccc(Nc2nccc3cc(OCC4COC4)ccc23)cn1. The molecule has 1 aliphatic heterocycles. The predicted octanol–water partition coefficient (Wildman–Crippen LogP) is 4.05. The zero-order chi connectivity index (χ0) is 16.4. The number of benzene rings is 1. The van der Waals surface area contributed by atoms with Crippen LogP contribution in [0.25, 0.3) is 10.8 Å². The summed E-state index contributed by atoms with van der Waals surface area (Å²) in [5, 5.41) is 5.82. The lowest BCUT2D eigenvalue weighted by Gasteiger charge is -2.25. The van der Waals surface area contributed by atoms with Crippen molar-refractivity contribution in [1.82, 2.24) is 9.97 Å². The third-order valence-corrected chi connectivity index (χ3v) is 4.14. The molecule has 24 heavy (non-hydrogen) atoms. The minimum absolute atomic E-state index is 0.463. The average Bonchev–Trinajstić information content (AvgIpc) is 2.56. The molecular formula is C18H16ClN3O2. The first-order valence-corrected chi connectivity index (χ1v) is 8.13. The summed E-state index contributed by atoms with van der Waals surface area (Å²) in [7, 11) is 0. The number of nitrogens with zero attached hydrogens (tertiary/aromatic N) is 2. The molecule has 0 amide bonds. The minimum atomic E-state index is 0.463. The third kappa shape index (κ3) is 3.27. The van der Waals surface area contributed by atoms with Gasteiger partial charge in [0.25, 0.3) is 0 Å². The van der Waals surface area contributed by atoms with Gasteiger partial charge >= 0.3 is 0 Å². The van der Waals surface area contributed by atoms with Crippen molar-refractivity contribution in [2.75, 3.05) is 25.1 Å². The Balaban J connectivity index is 1.56. The summed E-state index contributed by atoms with van der Waals surface area (Å²) in [5.74, 6) is 2.14. The number of pyridine rings is 2. The average molecular weight is 342 g/mol. The molecule has 0 aliphatic carbocycles. The van der Waals surface area contributed by atoms with Gasteiger partial charge in [0.2, 0.25) is 0 Å². The lowest BCUT2D eigenvalue weighted by Crippen LogP contribution is -2.32. The van der Waals surface area contributed by atoms with Crippen molar-refractivity contribution < 1.29 is 9.47 Å². The van der Waals surface area contributed by atoms with Gasteiger partial charge in [0.05, 0.1) is 31.7 Å². The third-order valence-electron chi connectivity index (χ3n) is 3.92. The van der Waals surface area contributed by atoms with Gasteiger partial charge in [0, 0.05) is 17.5 Å². The van der Waals surface area contributed by atoms with E-state index in [1.165, 1.54) is 0 Å². The smallest absolute Gasteiger partial charge is 0.138 e. The van der Waals surface area contributed by atoms with Crippen LogP contribution in [-0.2, 0) is 4.74 Å². The number of ether oxygens (including phenoxy) is 2. The van der Waals surface area contributed by atoms with Crippen molar-refractivity contribution in [1.29, 1.82) is 0 Å². The highest BCUT2D eigenvalue weighted by Crippen LogP contribution is 2.28. The molecule has 1 aromatic carbocycles. The van der Waals surface area contributed by atoms with Gasteiger partial charge in [-0.3, -0.25) is 0 Å². The summed E-state index contributed by atoms with van der Waals surface area (Å²) >= 11 is 5.82. The summed E-state index contributed by atoms with van der Waals surface area (Å²) in [4.78, 5) is 8.49. The Hall–Kier alpha value is -2.37. The fraction of sp³-hybridized carbons (Fsp3) is 0.222. The molecule has 5 nitrogen and oxygen atoms in total. The fourth-order valence-electron chi connectivity index (χ4n) is 2.53. The van der Waals surface area contributed by atoms with E-state index in [0.29, 0.717) is 17.7 Å². The normalized spacial score (nSPS) is 14.4. The van der Waals surface area contributed by atoms with Gasteiger partial charge in [-0.25, -0.2) is 9.97 Å². The van der Waals surface area contributed by atoms with Crippen molar-refractivity contribution in [2.45, 2.75) is 0 Å². The van der Waals surface area contributed by atoms with Crippen LogP contribution in [0.3, 0.4) is 0 Å². The summed E-state index contributed by atoms with van der Waals surface area (Å²) in [6.45, 7) is 2.28. The van der Waals surface area contributed by atoms with Crippen LogP contribution in [0.1, 0.15) is 0 Å². The van der Waals surface area contributed by atoms with Gasteiger partial charge in [-0.1, -0.05) is 11.6 Å². The number of hydrogen-bond donors (Lipinski definition) is 1. The molecule has 0 radical (unpaired) electrons. The van der Waals surface area contributed by atoms with Crippen LogP contribution in [0, 0.1) is 5.92 Å². The molecule has 0 atom stereocenters. The maximum atomic E-state index is 5.84. The summed E-state index contributed by atoms with van der Waals surface area (Å²) in [6, 6.07) is 11.6. The number of fused-ring (bicyclic) bond motifs is 1. The van der Waals surface area contributed by atoms with Crippen LogP contribution >= 0.6 is 11.6 Å². The van der Waals surface area contributed by atoms with Crippen molar-refractivity contribution in [2.24, 2.45) is 5.92 Å². The number of halogens is 1. The molecule has 4 rings (SSSR count). The molecule has 0 bridgehead atoms. The van der Waals surface area contributed by atoms with E-state index in [0.717, 1.165) is 41.2 Å².